The van der Waals surface area contributed by atoms with Crippen LogP contribution in [0.3, 0.4) is 0 Å². The van der Waals surface area contributed by atoms with Crippen LogP contribution in [0.15, 0.2) is 30.7 Å². The summed E-state index contributed by atoms with van der Waals surface area (Å²) in [4.78, 5) is 19.5. The molecule has 8 heteroatoms. The zero-order valence-electron chi connectivity index (χ0n) is 13.5. The number of hydrogen-bond acceptors (Lipinski definition) is 6. The molecule has 2 heterocycles. The van der Waals surface area contributed by atoms with Gasteiger partial charge in [-0.1, -0.05) is 0 Å². The molecule has 0 aliphatic heterocycles. The van der Waals surface area contributed by atoms with E-state index in [4.69, 9.17) is 9.84 Å². The first-order valence-corrected chi connectivity index (χ1v) is 7.39. The molecule has 8 nitrogen and oxygen atoms in total. The van der Waals surface area contributed by atoms with E-state index in [-0.39, 0.29) is 11.7 Å². The number of anilines is 2. The Bertz CT molecular complexity index is 904. The molecular weight excluding hydrogens is 310 g/mol. The fourth-order valence-electron chi connectivity index (χ4n) is 2.28. The molecule has 0 unspecified atom stereocenters. The lowest BCUT2D eigenvalue weighted by Gasteiger charge is -2.11. The highest BCUT2D eigenvalue weighted by molar-refractivity contribution is 5.97. The number of carboxylic acid groups (broad SMARTS) is 1. The highest BCUT2D eigenvalue weighted by Gasteiger charge is 2.14. The Morgan fingerprint density at radius 3 is 2.83 bits per heavy atom. The number of aryl methyl sites for hydroxylation is 1. The second kappa shape index (κ2) is 6.15. The molecule has 0 bridgehead atoms. The maximum atomic E-state index is 11.1. The Morgan fingerprint density at radius 1 is 1.33 bits per heavy atom. The van der Waals surface area contributed by atoms with Crippen LogP contribution in [0.5, 0.6) is 5.88 Å². The summed E-state index contributed by atoms with van der Waals surface area (Å²) < 4.78 is 7.33. The molecule has 3 aromatic rings. The molecule has 0 aliphatic carbocycles. The van der Waals surface area contributed by atoms with Gasteiger partial charge in [0.1, 0.15) is 17.8 Å². The number of benzene rings is 1. The second-order valence-corrected chi connectivity index (χ2v) is 5.57. The summed E-state index contributed by atoms with van der Waals surface area (Å²) in [5.41, 5.74) is 1.40. The molecule has 0 saturated carbocycles. The first-order valence-electron chi connectivity index (χ1n) is 7.39. The van der Waals surface area contributed by atoms with E-state index in [1.165, 1.54) is 18.5 Å². The van der Waals surface area contributed by atoms with Gasteiger partial charge >= 0.3 is 5.97 Å². The molecule has 0 aliphatic rings. The first kappa shape index (κ1) is 15.7. The molecule has 124 valence electrons. The SMILES string of the molecule is CC(C)Oc1nn(C)cc1Nc1ncnc2cc(C(=O)O)ccc12. The summed E-state index contributed by atoms with van der Waals surface area (Å²) in [6.07, 6.45) is 3.16. The third-order valence-electron chi connectivity index (χ3n) is 3.28. The van der Waals surface area contributed by atoms with Gasteiger partial charge in [0.25, 0.3) is 5.88 Å². The van der Waals surface area contributed by atoms with Crippen molar-refractivity contribution in [2.75, 3.05) is 5.32 Å². The van der Waals surface area contributed by atoms with Crippen molar-refractivity contribution in [3.05, 3.63) is 36.3 Å². The van der Waals surface area contributed by atoms with E-state index in [0.717, 1.165) is 0 Å². The Morgan fingerprint density at radius 2 is 2.12 bits per heavy atom. The molecule has 2 aromatic heterocycles. The van der Waals surface area contributed by atoms with E-state index < -0.39 is 5.97 Å². The molecule has 0 fully saturated rings. The molecule has 0 spiro atoms. The van der Waals surface area contributed by atoms with Crippen LogP contribution < -0.4 is 10.1 Å². The van der Waals surface area contributed by atoms with Crippen LogP contribution in [0, 0.1) is 0 Å². The fourth-order valence-corrected chi connectivity index (χ4v) is 2.28. The minimum Gasteiger partial charge on any atom is -0.478 e. The van der Waals surface area contributed by atoms with E-state index >= 15 is 0 Å². The van der Waals surface area contributed by atoms with Crippen molar-refractivity contribution in [1.29, 1.82) is 0 Å². The molecule has 0 amide bonds. The van der Waals surface area contributed by atoms with Gasteiger partial charge in [-0.25, -0.2) is 14.8 Å². The predicted octanol–water partition coefficient (Wildman–Crippen LogP) is 2.59. The monoisotopic (exact) mass is 327 g/mol. The van der Waals surface area contributed by atoms with Gasteiger partial charge in [0.15, 0.2) is 0 Å². The van der Waals surface area contributed by atoms with Gasteiger partial charge in [0.2, 0.25) is 0 Å². The van der Waals surface area contributed by atoms with Crippen LogP contribution in [-0.4, -0.2) is 36.9 Å². The van der Waals surface area contributed by atoms with Gasteiger partial charge in [-0.15, -0.1) is 5.10 Å². The van der Waals surface area contributed by atoms with Crippen LogP contribution in [0.1, 0.15) is 24.2 Å². The minimum absolute atomic E-state index is 0.0132. The van der Waals surface area contributed by atoms with E-state index in [1.807, 2.05) is 13.8 Å². The average Bonchev–Trinajstić information content (AvgIpc) is 2.85. The van der Waals surface area contributed by atoms with Crippen molar-refractivity contribution in [1.82, 2.24) is 19.7 Å². The van der Waals surface area contributed by atoms with Crippen LogP contribution in [-0.2, 0) is 7.05 Å². The number of carbonyl (C=O) groups is 1. The summed E-state index contributed by atoms with van der Waals surface area (Å²) in [6, 6.07) is 4.72. The fraction of sp³-hybridized carbons (Fsp3) is 0.250. The Labute approximate surface area is 138 Å². The molecule has 1 aromatic carbocycles. The van der Waals surface area contributed by atoms with E-state index in [2.05, 4.69) is 20.4 Å². The summed E-state index contributed by atoms with van der Waals surface area (Å²) in [6.45, 7) is 3.85. The molecule has 0 radical (unpaired) electrons. The zero-order valence-corrected chi connectivity index (χ0v) is 13.5. The maximum Gasteiger partial charge on any atom is 0.335 e. The maximum absolute atomic E-state index is 11.1. The third kappa shape index (κ3) is 3.12. The number of ether oxygens (including phenoxy) is 1. The Kier molecular flexibility index (Phi) is 4.03. The predicted molar refractivity (Wildman–Crippen MR) is 88.8 cm³/mol. The lowest BCUT2D eigenvalue weighted by molar-refractivity contribution is 0.0697. The van der Waals surface area contributed by atoms with E-state index in [1.54, 1.807) is 24.0 Å². The van der Waals surface area contributed by atoms with Crippen LogP contribution in [0.4, 0.5) is 11.5 Å². The summed E-state index contributed by atoms with van der Waals surface area (Å²) >= 11 is 0. The van der Waals surface area contributed by atoms with Crippen molar-refractivity contribution in [3.63, 3.8) is 0 Å². The van der Waals surface area contributed by atoms with Crippen LogP contribution in [0.25, 0.3) is 10.9 Å². The largest absolute Gasteiger partial charge is 0.478 e. The van der Waals surface area contributed by atoms with Crippen molar-refractivity contribution in [2.45, 2.75) is 20.0 Å². The third-order valence-corrected chi connectivity index (χ3v) is 3.28. The van der Waals surface area contributed by atoms with E-state index in [0.29, 0.717) is 28.3 Å². The van der Waals surface area contributed by atoms with Gasteiger partial charge < -0.3 is 15.2 Å². The summed E-state index contributed by atoms with van der Waals surface area (Å²) in [7, 11) is 1.80. The van der Waals surface area contributed by atoms with Crippen molar-refractivity contribution < 1.29 is 14.6 Å². The number of hydrogen-bond donors (Lipinski definition) is 2. The number of rotatable bonds is 5. The molecule has 0 atom stereocenters. The molecule has 3 rings (SSSR count). The van der Waals surface area contributed by atoms with Gasteiger partial charge in [-0.2, -0.15) is 0 Å². The highest BCUT2D eigenvalue weighted by atomic mass is 16.5. The lowest BCUT2D eigenvalue weighted by Crippen LogP contribution is -2.08. The van der Waals surface area contributed by atoms with Crippen LogP contribution >= 0.6 is 0 Å². The number of aromatic carboxylic acids is 1. The average molecular weight is 327 g/mol. The van der Waals surface area contributed by atoms with Crippen molar-refractivity contribution >= 4 is 28.4 Å². The standard InChI is InChI=1S/C16H17N5O3/c1-9(2)24-15-13(7-21(3)20-15)19-14-11-5-4-10(16(22)23)6-12(11)17-8-18-14/h4-9H,1-3H3,(H,22,23)(H,17,18,19). The van der Waals surface area contributed by atoms with Gasteiger partial charge in [0.05, 0.1) is 23.4 Å². The van der Waals surface area contributed by atoms with Gasteiger partial charge in [-0.3, -0.25) is 4.68 Å². The van der Waals surface area contributed by atoms with Crippen molar-refractivity contribution in [3.8, 4) is 5.88 Å². The normalized spacial score (nSPS) is 11.0. The first-order chi connectivity index (χ1) is 11.4. The molecule has 2 N–H and O–H groups in total. The number of nitrogens with zero attached hydrogens (tertiary/aromatic N) is 4. The molecular formula is C16H17N5O3. The Balaban J connectivity index is 2.00. The number of fused-ring (bicyclic) bond motifs is 1. The van der Waals surface area contributed by atoms with Gasteiger partial charge in [-0.05, 0) is 32.0 Å². The molecule has 0 saturated heterocycles. The Hall–Kier alpha value is -3.16. The minimum atomic E-state index is -0.995. The number of nitrogens with one attached hydrogen (secondary N) is 1. The summed E-state index contributed by atoms with van der Waals surface area (Å²) in [5, 5.41) is 17.3. The number of carboxylic acids is 1. The topological polar surface area (TPSA) is 102 Å². The summed E-state index contributed by atoms with van der Waals surface area (Å²) in [5.74, 6) is 0.0323. The lowest BCUT2D eigenvalue weighted by atomic mass is 10.1. The van der Waals surface area contributed by atoms with Gasteiger partial charge in [0, 0.05) is 12.4 Å². The second-order valence-electron chi connectivity index (χ2n) is 5.57. The smallest absolute Gasteiger partial charge is 0.335 e. The van der Waals surface area contributed by atoms with Crippen molar-refractivity contribution in [2.24, 2.45) is 7.05 Å². The van der Waals surface area contributed by atoms with Crippen LogP contribution in [0.2, 0.25) is 0 Å². The number of aromatic nitrogens is 4. The van der Waals surface area contributed by atoms with E-state index in [9.17, 15) is 4.79 Å². The quantitative estimate of drug-likeness (QED) is 0.742. The zero-order chi connectivity index (χ0) is 17.3. The highest BCUT2D eigenvalue weighted by Crippen LogP contribution is 2.29. The molecule has 24 heavy (non-hydrogen) atoms.